The van der Waals surface area contributed by atoms with Crippen molar-refractivity contribution in [3.05, 3.63) is 83.6 Å². The molecule has 0 spiro atoms. The van der Waals surface area contributed by atoms with Gasteiger partial charge < -0.3 is 4.74 Å². The van der Waals surface area contributed by atoms with E-state index in [2.05, 4.69) is 27.4 Å². The monoisotopic (exact) mass is 402 g/mol. The molecule has 7 nitrogen and oxygen atoms in total. The summed E-state index contributed by atoms with van der Waals surface area (Å²) in [6.07, 6.45) is 0. The molecule has 0 radical (unpaired) electrons. The van der Waals surface area contributed by atoms with Gasteiger partial charge in [-0.3, -0.25) is 0 Å². The van der Waals surface area contributed by atoms with Crippen LogP contribution < -0.4 is 4.74 Å². The van der Waals surface area contributed by atoms with E-state index in [1.54, 1.807) is 16.8 Å². The van der Waals surface area contributed by atoms with Crippen molar-refractivity contribution in [3.63, 3.8) is 0 Å². The van der Waals surface area contributed by atoms with E-state index >= 15 is 0 Å². The van der Waals surface area contributed by atoms with Crippen molar-refractivity contribution in [3.8, 4) is 29.3 Å². The van der Waals surface area contributed by atoms with Gasteiger partial charge in [0, 0.05) is 17.1 Å². The maximum atomic E-state index is 9.54. The van der Waals surface area contributed by atoms with Crippen LogP contribution in [-0.4, -0.2) is 20.0 Å². The Kier molecular flexibility index (Phi) is 4.28. The number of rotatable bonds is 3. The van der Waals surface area contributed by atoms with E-state index in [0.29, 0.717) is 28.2 Å². The lowest BCUT2D eigenvalue weighted by Gasteiger charge is -2.14. The van der Waals surface area contributed by atoms with Crippen LogP contribution in [0.5, 0.6) is 11.5 Å². The molecule has 146 valence electrons. The Bertz CT molecular complexity index is 1550. The smallest absolute Gasteiger partial charge is 0.154 e. The quantitative estimate of drug-likeness (QED) is 0.429. The maximum absolute atomic E-state index is 9.54. The molecule has 0 amide bonds. The lowest BCUT2D eigenvalue weighted by atomic mass is 10.1. The van der Waals surface area contributed by atoms with Crippen molar-refractivity contribution in [2.75, 3.05) is 0 Å². The number of nitrogens with zero attached hydrogens (tertiary/aromatic N) is 6. The third-order valence-corrected chi connectivity index (χ3v) is 4.96. The molecular weight excluding hydrogens is 388 g/mol. The molecule has 2 aromatic heterocycles. The SMILES string of the molecule is Cc1ccc2cccc(Oc3cc(C#N)c(C#N)cc3-n3nnc4ccccc43)c2n1. The molecule has 0 unspecified atom stereocenters. The third kappa shape index (κ3) is 3.11. The summed E-state index contributed by atoms with van der Waals surface area (Å²) in [4.78, 5) is 4.61. The molecule has 0 fully saturated rings. The van der Waals surface area contributed by atoms with E-state index in [0.717, 1.165) is 16.6 Å². The molecule has 0 bridgehead atoms. The van der Waals surface area contributed by atoms with E-state index in [9.17, 15) is 10.5 Å². The van der Waals surface area contributed by atoms with E-state index in [1.165, 1.54) is 0 Å². The van der Waals surface area contributed by atoms with Gasteiger partial charge >= 0.3 is 0 Å². The lowest BCUT2D eigenvalue weighted by molar-refractivity contribution is 0.482. The summed E-state index contributed by atoms with van der Waals surface area (Å²) in [6.45, 7) is 1.92. The lowest BCUT2D eigenvalue weighted by Crippen LogP contribution is -2.02. The Balaban J connectivity index is 1.75. The molecule has 3 aromatic carbocycles. The van der Waals surface area contributed by atoms with Gasteiger partial charge in [0.05, 0.1) is 16.6 Å². The van der Waals surface area contributed by atoms with Gasteiger partial charge in [0.25, 0.3) is 0 Å². The summed E-state index contributed by atoms with van der Waals surface area (Å²) in [7, 11) is 0. The molecule has 5 aromatic rings. The predicted molar refractivity (Wildman–Crippen MR) is 115 cm³/mol. The topological polar surface area (TPSA) is 100 Å². The van der Waals surface area contributed by atoms with Crippen LogP contribution in [0.1, 0.15) is 16.8 Å². The third-order valence-electron chi connectivity index (χ3n) is 4.96. The first-order valence-electron chi connectivity index (χ1n) is 9.51. The number of para-hydroxylation sites is 2. The molecule has 0 aliphatic rings. The molecule has 0 atom stereocenters. The van der Waals surface area contributed by atoms with E-state index in [-0.39, 0.29) is 11.1 Å². The van der Waals surface area contributed by atoms with Gasteiger partial charge in [-0.2, -0.15) is 10.5 Å². The fraction of sp³-hybridized carbons (Fsp3) is 0.0417. The first-order valence-corrected chi connectivity index (χ1v) is 9.51. The van der Waals surface area contributed by atoms with E-state index in [4.69, 9.17) is 4.74 Å². The highest BCUT2D eigenvalue weighted by molar-refractivity contribution is 5.85. The van der Waals surface area contributed by atoms with Crippen LogP contribution in [-0.2, 0) is 0 Å². The summed E-state index contributed by atoms with van der Waals surface area (Å²) in [5, 5.41) is 28.5. The van der Waals surface area contributed by atoms with Gasteiger partial charge in [0.1, 0.15) is 28.9 Å². The Morgan fingerprint density at radius 2 is 1.68 bits per heavy atom. The first kappa shape index (κ1) is 18.3. The second kappa shape index (κ2) is 7.25. The van der Waals surface area contributed by atoms with Gasteiger partial charge in [-0.05, 0) is 37.3 Å². The fourth-order valence-corrected chi connectivity index (χ4v) is 3.47. The highest BCUT2D eigenvalue weighted by Crippen LogP contribution is 2.35. The molecule has 5 rings (SSSR count). The Hall–Kier alpha value is -4.75. The van der Waals surface area contributed by atoms with Crippen molar-refractivity contribution in [1.29, 1.82) is 10.5 Å². The maximum Gasteiger partial charge on any atom is 0.154 e. The van der Waals surface area contributed by atoms with Gasteiger partial charge in [-0.25, -0.2) is 9.67 Å². The number of hydrogen-bond acceptors (Lipinski definition) is 6. The average Bonchev–Trinajstić information content (AvgIpc) is 3.23. The van der Waals surface area contributed by atoms with Gasteiger partial charge in [-0.1, -0.05) is 35.5 Å². The molecule has 31 heavy (non-hydrogen) atoms. The second-order valence-electron chi connectivity index (χ2n) is 6.96. The number of fused-ring (bicyclic) bond motifs is 2. The normalized spacial score (nSPS) is 10.7. The average molecular weight is 402 g/mol. The summed E-state index contributed by atoms with van der Waals surface area (Å²) in [6, 6.07) is 24.4. The van der Waals surface area contributed by atoms with Crippen molar-refractivity contribution in [2.24, 2.45) is 0 Å². The second-order valence-corrected chi connectivity index (χ2v) is 6.96. The van der Waals surface area contributed by atoms with Crippen LogP contribution in [0.4, 0.5) is 0 Å². The van der Waals surface area contributed by atoms with Crippen molar-refractivity contribution in [1.82, 2.24) is 20.0 Å². The zero-order chi connectivity index (χ0) is 21.4. The highest BCUT2D eigenvalue weighted by atomic mass is 16.5. The van der Waals surface area contributed by atoms with E-state index in [1.807, 2.05) is 61.5 Å². The zero-order valence-electron chi connectivity index (χ0n) is 16.4. The number of nitriles is 2. The predicted octanol–water partition coefficient (Wildman–Crippen LogP) is 4.81. The van der Waals surface area contributed by atoms with Crippen LogP contribution in [0.15, 0.2) is 66.7 Å². The Morgan fingerprint density at radius 3 is 2.52 bits per heavy atom. The van der Waals surface area contributed by atoms with Crippen LogP contribution in [0.25, 0.3) is 27.6 Å². The minimum absolute atomic E-state index is 0.218. The first-order chi connectivity index (χ1) is 15.2. The summed E-state index contributed by atoms with van der Waals surface area (Å²) < 4.78 is 7.89. The molecular formula is C24H14N6O. The van der Waals surface area contributed by atoms with E-state index < -0.39 is 0 Å². The van der Waals surface area contributed by atoms with Crippen LogP contribution in [0, 0.1) is 29.6 Å². The van der Waals surface area contributed by atoms with Crippen LogP contribution >= 0.6 is 0 Å². The van der Waals surface area contributed by atoms with Crippen molar-refractivity contribution < 1.29 is 4.74 Å². The number of hydrogen-bond donors (Lipinski definition) is 0. The Morgan fingerprint density at radius 1 is 0.871 bits per heavy atom. The molecule has 7 heteroatoms. The number of aromatic nitrogens is 4. The number of pyridine rings is 1. The largest absolute Gasteiger partial charge is 0.453 e. The van der Waals surface area contributed by atoms with Crippen LogP contribution in [0.2, 0.25) is 0 Å². The summed E-state index contributed by atoms with van der Waals surface area (Å²) in [5.74, 6) is 0.919. The van der Waals surface area contributed by atoms with Crippen molar-refractivity contribution in [2.45, 2.75) is 6.92 Å². The van der Waals surface area contributed by atoms with Crippen LogP contribution in [0.3, 0.4) is 0 Å². The molecule has 0 saturated heterocycles. The molecule has 0 aliphatic heterocycles. The summed E-state index contributed by atoms with van der Waals surface area (Å²) >= 11 is 0. The zero-order valence-corrected chi connectivity index (χ0v) is 16.4. The minimum atomic E-state index is 0.218. The van der Waals surface area contributed by atoms with Gasteiger partial charge in [0.15, 0.2) is 11.5 Å². The van der Waals surface area contributed by atoms with Gasteiger partial charge in [0.2, 0.25) is 0 Å². The standard InChI is InChI=1S/C24H14N6O/c1-15-9-10-16-5-4-8-22(24(16)27-15)31-23-12-18(14-26)17(13-25)11-21(23)30-20-7-3-2-6-19(20)28-29-30/h2-12H,1H3. The number of aryl methyl sites for hydroxylation is 1. The molecule has 0 aliphatic carbocycles. The number of ether oxygens (including phenoxy) is 1. The highest BCUT2D eigenvalue weighted by Gasteiger charge is 2.18. The Labute approximate surface area is 177 Å². The molecule has 0 N–H and O–H groups in total. The molecule has 0 saturated carbocycles. The number of benzene rings is 3. The fourth-order valence-electron chi connectivity index (χ4n) is 3.47. The van der Waals surface area contributed by atoms with Gasteiger partial charge in [-0.15, -0.1) is 5.10 Å². The minimum Gasteiger partial charge on any atom is -0.453 e. The van der Waals surface area contributed by atoms with Crippen molar-refractivity contribution >= 4 is 21.9 Å². The molecule has 2 heterocycles. The summed E-state index contributed by atoms with van der Waals surface area (Å²) in [5.41, 5.74) is 4.00.